The van der Waals surface area contributed by atoms with Crippen molar-refractivity contribution in [3.05, 3.63) is 41.2 Å². The molecule has 0 aromatic heterocycles. The van der Waals surface area contributed by atoms with Crippen molar-refractivity contribution < 1.29 is 38.3 Å². The highest BCUT2D eigenvalue weighted by molar-refractivity contribution is 5.85. The number of nitrogens with one attached hydrogen (secondary N) is 2. The van der Waals surface area contributed by atoms with Crippen molar-refractivity contribution in [2.45, 2.75) is 92.9 Å². The third-order valence-electron chi connectivity index (χ3n) is 4.49. The number of carbonyl (C=O) groups is 4. The maximum atomic E-state index is 12.4. The number of alkyl carbamates (subject to hydrolysis) is 2. The Morgan fingerprint density at radius 1 is 0.814 bits per heavy atom. The first-order valence-electron chi connectivity index (χ1n) is 14.0. The maximum absolute atomic E-state index is 12.4. The molecule has 13 heteroatoms. The van der Waals surface area contributed by atoms with Crippen LogP contribution < -0.4 is 10.6 Å². The first-order valence-corrected chi connectivity index (χ1v) is 14.0. The third kappa shape index (κ3) is 22.4. The lowest BCUT2D eigenvalue weighted by Gasteiger charge is -2.25. The van der Waals surface area contributed by atoms with Crippen molar-refractivity contribution in [1.29, 1.82) is 0 Å². The zero-order valence-electron chi connectivity index (χ0n) is 28.4. The number of hydroxylamine groups is 4. The fraction of sp³-hybridized carbons (Fsp3) is 0.633. The molecule has 0 fully saturated rings. The lowest BCUT2D eigenvalue weighted by atomic mass is 10.0. The van der Waals surface area contributed by atoms with E-state index in [0.29, 0.717) is 5.69 Å². The van der Waals surface area contributed by atoms with Crippen molar-refractivity contribution in [3.63, 3.8) is 0 Å². The summed E-state index contributed by atoms with van der Waals surface area (Å²) in [6.45, 7) is 25.3. The van der Waals surface area contributed by atoms with Crippen LogP contribution in [-0.2, 0) is 35.2 Å². The topological polar surface area (TPSA) is 140 Å². The van der Waals surface area contributed by atoms with Crippen LogP contribution in [0.4, 0.5) is 15.3 Å². The molecule has 1 aromatic carbocycles. The number of benzene rings is 1. The standard InChI is InChI=1S/C17H23N3O4.C9H18N2O4.2C2H6/c1-17(2,3)24-16(22)19-14(15(21)20(5)23-6)11-12-7-9-13(18-4)10-8-12;1-9(2,3)15-8(13)10-6-7(12)11(4)14-5;2*1-2/h7-10,14H,11H2,1-3,5-6H3,(H,19,22);6H2,1-5H3,(H,10,13);2*1-2H3/t14-;;;/m0.../s1. The van der Waals surface area contributed by atoms with Gasteiger partial charge < -0.3 is 20.1 Å². The maximum Gasteiger partial charge on any atom is 0.408 e. The molecule has 0 bridgehead atoms. The van der Waals surface area contributed by atoms with Crippen LogP contribution in [0.2, 0.25) is 0 Å². The van der Waals surface area contributed by atoms with E-state index in [2.05, 4.69) is 20.3 Å². The molecular weight excluding hydrogens is 558 g/mol. The number of hydrogen-bond acceptors (Lipinski definition) is 8. The van der Waals surface area contributed by atoms with Gasteiger partial charge in [-0.2, -0.15) is 0 Å². The highest BCUT2D eigenvalue weighted by Crippen LogP contribution is 2.15. The minimum Gasteiger partial charge on any atom is -0.444 e. The predicted octanol–water partition coefficient (Wildman–Crippen LogP) is 5.28. The minimum absolute atomic E-state index is 0.154. The summed E-state index contributed by atoms with van der Waals surface area (Å²) >= 11 is 0. The van der Waals surface area contributed by atoms with Crippen LogP contribution in [0.15, 0.2) is 24.3 Å². The minimum atomic E-state index is -0.844. The van der Waals surface area contributed by atoms with Gasteiger partial charge in [0, 0.05) is 20.5 Å². The van der Waals surface area contributed by atoms with E-state index >= 15 is 0 Å². The summed E-state index contributed by atoms with van der Waals surface area (Å²) in [4.78, 5) is 59.5. The van der Waals surface area contributed by atoms with Gasteiger partial charge in [0.1, 0.15) is 23.8 Å². The summed E-state index contributed by atoms with van der Waals surface area (Å²) in [5.74, 6) is -0.763. The Morgan fingerprint density at radius 3 is 1.65 bits per heavy atom. The molecule has 0 heterocycles. The van der Waals surface area contributed by atoms with E-state index in [1.807, 2.05) is 27.7 Å². The Labute approximate surface area is 257 Å². The molecule has 43 heavy (non-hydrogen) atoms. The van der Waals surface area contributed by atoms with Crippen molar-refractivity contribution in [2.75, 3.05) is 34.9 Å². The fourth-order valence-corrected chi connectivity index (χ4v) is 2.58. The molecule has 1 atom stereocenters. The van der Waals surface area contributed by atoms with Crippen molar-refractivity contribution in [1.82, 2.24) is 20.8 Å². The molecule has 1 aromatic rings. The Kier molecular flexibility index (Phi) is 23.0. The molecule has 0 radical (unpaired) electrons. The number of hydrogen-bond donors (Lipinski definition) is 2. The second-order valence-corrected chi connectivity index (χ2v) is 10.1. The zero-order valence-corrected chi connectivity index (χ0v) is 28.4. The summed E-state index contributed by atoms with van der Waals surface area (Å²) in [7, 11) is 5.66. The lowest BCUT2D eigenvalue weighted by Crippen LogP contribution is -2.49. The van der Waals surface area contributed by atoms with Gasteiger partial charge >= 0.3 is 12.2 Å². The fourth-order valence-electron chi connectivity index (χ4n) is 2.58. The van der Waals surface area contributed by atoms with Gasteiger partial charge in [0.15, 0.2) is 5.69 Å². The summed E-state index contributed by atoms with van der Waals surface area (Å²) in [6.07, 6.45) is -1.05. The highest BCUT2D eigenvalue weighted by atomic mass is 16.7. The molecule has 246 valence electrons. The van der Waals surface area contributed by atoms with Crippen LogP contribution in [0.1, 0.15) is 74.8 Å². The van der Waals surface area contributed by atoms with Gasteiger partial charge in [0.05, 0.1) is 20.8 Å². The van der Waals surface area contributed by atoms with Gasteiger partial charge in [-0.3, -0.25) is 19.3 Å². The van der Waals surface area contributed by atoms with Crippen LogP contribution in [-0.4, -0.2) is 86.2 Å². The largest absolute Gasteiger partial charge is 0.444 e. The number of nitrogens with zero attached hydrogens (tertiary/aromatic N) is 3. The van der Waals surface area contributed by atoms with Crippen molar-refractivity contribution >= 4 is 29.7 Å². The molecule has 0 spiro atoms. The van der Waals surface area contributed by atoms with E-state index in [0.717, 1.165) is 15.7 Å². The number of amides is 4. The zero-order chi connectivity index (χ0) is 34.4. The molecular formula is C30H53N5O8. The number of carbonyl (C=O) groups excluding carboxylic acids is 4. The average molecular weight is 612 g/mol. The number of likely N-dealkylation sites (N-methyl/N-ethyl adjacent to an activating group) is 2. The van der Waals surface area contributed by atoms with E-state index < -0.39 is 35.3 Å². The van der Waals surface area contributed by atoms with Crippen LogP contribution >= 0.6 is 0 Å². The molecule has 0 unspecified atom stereocenters. The number of ether oxygens (including phenoxy) is 2. The van der Waals surface area contributed by atoms with E-state index in [9.17, 15) is 19.2 Å². The van der Waals surface area contributed by atoms with Gasteiger partial charge in [0.2, 0.25) is 0 Å². The highest BCUT2D eigenvalue weighted by Gasteiger charge is 2.27. The quantitative estimate of drug-likeness (QED) is 0.299. The van der Waals surface area contributed by atoms with Gasteiger partial charge in [-0.15, -0.1) is 0 Å². The Hall–Kier alpha value is -3.89. The monoisotopic (exact) mass is 611 g/mol. The summed E-state index contributed by atoms with van der Waals surface area (Å²) in [5.41, 5.74) is 0.0830. The summed E-state index contributed by atoms with van der Waals surface area (Å²) < 4.78 is 10.1. The van der Waals surface area contributed by atoms with E-state index in [4.69, 9.17) is 20.9 Å². The van der Waals surface area contributed by atoms with Crippen LogP contribution in [0.5, 0.6) is 0 Å². The Morgan fingerprint density at radius 2 is 1.26 bits per heavy atom. The van der Waals surface area contributed by atoms with Crippen molar-refractivity contribution in [2.24, 2.45) is 0 Å². The van der Waals surface area contributed by atoms with E-state index in [-0.39, 0.29) is 18.9 Å². The molecule has 4 amide bonds. The molecule has 0 saturated heterocycles. The SMILES string of the molecule is CC.CC.CON(C)C(=O)CNC(=O)OC(C)(C)C.[C-]#[N+]c1ccc(C[C@H](NC(=O)OC(C)(C)C)C(=O)N(C)OC)cc1. The first kappa shape index (κ1) is 43.6. The molecule has 13 nitrogen and oxygen atoms in total. The van der Waals surface area contributed by atoms with E-state index in [1.54, 1.807) is 65.8 Å². The molecule has 1 rings (SSSR count). The first-order chi connectivity index (χ1) is 19.9. The van der Waals surface area contributed by atoms with Crippen LogP contribution in [0.3, 0.4) is 0 Å². The summed E-state index contributed by atoms with van der Waals surface area (Å²) in [6, 6.07) is 5.98. The smallest absolute Gasteiger partial charge is 0.408 e. The molecule has 0 aliphatic heterocycles. The van der Waals surface area contributed by atoms with Crippen LogP contribution in [0, 0.1) is 6.57 Å². The van der Waals surface area contributed by atoms with Crippen molar-refractivity contribution in [3.8, 4) is 0 Å². The number of rotatable bonds is 8. The average Bonchev–Trinajstić information content (AvgIpc) is 2.95. The summed E-state index contributed by atoms with van der Waals surface area (Å²) in [5, 5.41) is 6.97. The predicted molar refractivity (Wildman–Crippen MR) is 166 cm³/mol. The Bertz CT molecular complexity index is 996. The van der Waals surface area contributed by atoms with E-state index in [1.165, 1.54) is 28.3 Å². The molecule has 0 aliphatic rings. The van der Waals surface area contributed by atoms with Crippen LogP contribution in [0.25, 0.3) is 4.85 Å². The van der Waals surface area contributed by atoms with Gasteiger partial charge in [-0.1, -0.05) is 52.0 Å². The third-order valence-corrected chi connectivity index (χ3v) is 4.49. The normalized spacial score (nSPS) is 10.7. The van der Waals surface area contributed by atoms with Gasteiger partial charge in [-0.05, 0) is 47.1 Å². The van der Waals surface area contributed by atoms with Gasteiger partial charge in [-0.25, -0.2) is 24.6 Å². The second kappa shape index (κ2) is 22.7. The van der Waals surface area contributed by atoms with Gasteiger partial charge in [0.25, 0.3) is 11.8 Å². The molecule has 0 saturated carbocycles. The molecule has 2 N–H and O–H groups in total. The second-order valence-electron chi connectivity index (χ2n) is 10.1. The molecule has 0 aliphatic carbocycles. The Balaban J connectivity index is -0.000000725. The lowest BCUT2D eigenvalue weighted by molar-refractivity contribution is -0.171.